The maximum Gasteiger partial charge on any atom is 0.203 e. The van der Waals surface area contributed by atoms with Crippen molar-refractivity contribution in [2.24, 2.45) is 5.10 Å². The molecular weight excluding hydrogens is 298 g/mol. The number of hydrogen-bond donors (Lipinski definition) is 1. The summed E-state index contributed by atoms with van der Waals surface area (Å²) in [6.45, 7) is 2.43. The van der Waals surface area contributed by atoms with Gasteiger partial charge in [0.05, 0.1) is 25.0 Å². The molecule has 0 fully saturated rings. The average molecular weight is 312 g/mol. The molecule has 0 radical (unpaired) electrons. The molecule has 7 heteroatoms. The SMILES string of the molecule is CCOc1cc(/C=N\Nc2nccs2)cc(Cl)c1OC. The van der Waals surface area contributed by atoms with E-state index in [0.29, 0.717) is 23.1 Å². The van der Waals surface area contributed by atoms with Crippen LogP contribution < -0.4 is 14.9 Å². The van der Waals surface area contributed by atoms with Gasteiger partial charge in [-0.2, -0.15) is 5.10 Å². The largest absolute Gasteiger partial charge is 0.491 e. The van der Waals surface area contributed by atoms with Crippen LogP contribution in [-0.2, 0) is 0 Å². The van der Waals surface area contributed by atoms with E-state index in [2.05, 4.69) is 15.5 Å². The third kappa shape index (κ3) is 3.61. The number of nitrogens with one attached hydrogen (secondary N) is 1. The molecule has 0 saturated carbocycles. The summed E-state index contributed by atoms with van der Waals surface area (Å²) in [5.74, 6) is 1.12. The van der Waals surface area contributed by atoms with Gasteiger partial charge in [0.1, 0.15) is 0 Å². The standard InChI is InChI=1S/C13H14ClN3O2S/c1-3-19-11-7-9(6-10(14)12(11)18-2)8-16-17-13-15-4-5-20-13/h4-8H,3H2,1-2H3,(H,15,17)/b16-8-. The molecule has 0 unspecified atom stereocenters. The highest BCUT2D eigenvalue weighted by molar-refractivity contribution is 7.13. The maximum absolute atomic E-state index is 6.15. The number of rotatable bonds is 6. The molecule has 0 aliphatic carbocycles. The fourth-order valence-corrected chi connectivity index (χ4v) is 2.34. The first-order chi connectivity index (χ1) is 9.74. The summed E-state index contributed by atoms with van der Waals surface area (Å²) in [5.41, 5.74) is 3.64. The van der Waals surface area contributed by atoms with Crippen molar-refractivity contribution in [1.29, 1.82) is 0 Å². The van der Waals surface area contributed by atoms with E-state index < -0.39 is 0 Å². The monoisotopic (exact) mass is 311 g/mol. The number of methoxy groups -OCH3 is 1. The van der Waals surface area contributed by atoms with Gasteiger partial charge >= 0.3 is 0 Å². The van der Waals surface area contributed by atoms with Crippen molar-refractivity contribution in [3.63, 3.8) is 0 Å². The summed E-state index contributed by atoms with van der Waals surface area (Å²) in [7, 11) is 1.56. The molecule has 0 bridgehead atoms. The van der Waals surface area contributed by atoms with Crippen LogP contribution in [0, 0.1) is 0 Å². The van der Waals surface area contributed by atoms with E-state index in [1.807, 2.05) is 18.4 Å². The van der Waals surface area contributed by atoms with Crippen LogP contribution in [0.1, 0.15) is 12.5 Å². The highest BCUT2D eigenvalue weighted by Crippen LogP contribution is 2.35. The van der Waals surface area contributed by atoms with E-state index in [9.17, 15) is 0 Å². The maximum atomic E-state index is 6.15. The summed E-state index contributed by atoms with van der Waals surface area (Å²) in [5, 5.41) is 7.18. The van der Waals surface area contributed by atoms with Gasteiger partial charge in [-0.3, -0.25) is 5.43 Å². The minimum Gasteiger partial charge on any atom is -0.491 e. The molecule has 1 aromatic heterocycles. The molecule has 0 atom stereocenters. The van der Waals surface area contributed by atoms with E-state index in [-0.39, 0.29) is 0 Å². The quantitative estimate of drug-likeness (QED) is 0.653. The van der Waals surface area contributed by atoms with Gasteiger partial charge in [0, 0.05) is 11.6 Å². The van der Waals surface area contributed by atoms with Crippen LogP contribution in [-0.4, -0.2) is 24.9 Å². The molecule has 0 amide bonds. The normalized spacial score (nSPS) is 10.8. The van der Waals surface area contributed by atoms with Crippen LogP contribution in [0.5, 0.6) is 11.5 Å². The summed E-state index contributed by atoms with van der Waals surface area (Å²) in [6, 6.07) is 3.58. The van der Waals surface area contributed by atoms with Crippen molar-refractivity contribution >= 4 is 34.3 Å². The lowest BCUT2D eigenvalue weighted by molar-refractivity contribution is 0.311. The predicted octanol–water partition coefficient (Wildman–Crippen LogP) is 3.65. The Balaban J connectivity index is 2.17. The van der Waals surface area contributed by atoms with Crippen LogP contribution in [0.15, 0.2) is 28.8 Å². The fourth-order valence-electron chi connectivity index (χ4n) is 1.56. The molecule has 20 heavy (non-hydrogen) atoms. The Morgan fingerprint density at radius 1 is 1.50 bits per heavy atom. The molecule has 5 nitrogen and oxygen atoms in total. The number of benzene rings is 1. The molecule has 1 aromatic carbocycles. The Labute approximate surface area is 126 Å². The third-order valence-corrected chi connectivity index (χ3v) is 3.30. The Hall–Kier alpha value is -1.79. The van der Waals surface area contributed by atoms with Crippen LogP contribution in [0.4, 0.5) is 5.13 Å². The summed E-state index contributed by atoms with van der Waals surface area (Å²) < 4.78 is 10.7. The number of hydrogen-bond acceptors (Lipinski definition) is 6. The topological polar surface area (TPSA) is 55.7 Å². The van der Waals surface area contributed by atoms with Crippen LogP contribution in [0.2, 0.25) is 5.02 Å². The molecule has 0 saturated heterocycles. The van der Waals surface area contributed by atoms with Crippen molar-refractivity contribution in [2.75, 3.05) is 19.1 Å². The van der Waals surface area contributed by atoms with Crippen molar-refractivity contribution in [1.82, 2.24) is 4.98 Å². The zero-order valence-electron chi connectivity index (χ0n) is 11.1. The molecule has 2 aromatic rings. The van der Waals surface area contributed by atoms with E-state index in [1.165, 1.54) is 11.3 Å². The van der Waals surface area contributed by atoms with Gasteiger partial charge in [0.25, 0.3) is 0 Å². The van der Waals surface area contributed by atoms with Gasteiger partial charge in [0.2, 0.25) is 5.13 Å². The second-order valence-corrected chi connectivity index (χ2v) is 4.98. The van der Waals surface area contributed by atoms with E-state index in [4.69, 9.17) is 21.1 Å². The smallest absolute Gasteiger partial charge is 0.203 e. The molecule has 1 N–H and O–H groups in total. The second-order valence-electron chi connectivity index (χ2n) is 3.67. The molecular formula is C13H14ClN3O2S. The zero-order chi connectivity index (χ0) is 14.4. The fraction of sp³-hybridized carbons (Fsp3) is 0.231. The first-order valence-electron chi connectivity index (χ1n) is 5.93. The first-order valence-corrected chi connectivity index (χ1v) is 7.19. The Bertz CT molecular complexity index is 588. The Kier molecular flexibility index (Phi) is 5.20. The molecule has 0 aliphatic heterocycles. The molecule has 0 spiro atoms. The predicted molar refractivity (Wildman–Crippen MR) is 82.5 cm³/mol. The molecule has 0 aliphatic rings. The number of thiazole rings is 1. The molecule has 106 valence electrons. The summed E-state index contributed by atoms with van der Waals surface area (Å²) >= 11 is 7.62. The van der Waals surface area contributed by atoms with Crippen LogP contribution in [0.25, 0.3) is 0 Å². The van der Waals surface area contributed by atoms with Crippen LogP contribution >= 0.6 is 22.9 Å². The van der Waals surface area contributed by atoms with E-state index in [0.717, 1.165) is 10.7 Å². The van der Waals surface area contributed by atoms with Crippen molar-refractivity contribution in [2.45, 2.75) is 6.92 Å². The van der Waals surface area contributed by atoms with Crippen molar-refractivity contribution in [3.8, 4) is 11.5 Å². The third-order valence-electron chi connectivity index (χ3n) is 2.34. The summed E-state index contributed by atoms with van der Waals surface area (Å²) in [6.07, 6.45) is 3.36. The Morgan fingerprint density at radius 3 is 3.00 bits per heavy atom. The van der Waals surface area contributed by atoms with Gasteiger partial charge in [-0.15, -0.1) is 11.3 Å². The number of aromatic nitrogens is 1. The zero-order valence-corrected chi connectivity index (χ0v) is 12.7. The highest BCUT2D eigenvalue weighted by Gasteiger charge is 2.10. The van der Waals surface area contributed by atoms with Gasteiger partial charge in [0.15, 0.2) is 11.5 Å². The van der Waals surface area contributed by atoms with E-state index in [1.54, 1.807) is 25.6 Å². The second kappa shape index (κ2) is 7.12. The molecule has 1 heterocycles. The number of hydrazone groups is 1. The van der Waals surface area contributed by atoms with Gasteiger partial charge in [-0.1, -0.05) is 11.6 Å². The Morgan fingerprint density at radius 2 is 2.35 bits per heavy atom. The van der Waals surface area contributed by atoms with Crippen molar-refractivity contribution < 1.29 is 9.47 Å². The lowest BCUT2D eigenvalue weighted by Gasteiger charge is -2.11. The van der Waals surface area contributed by atoms with E-state index >= 15 is 0 Å². The summed E-state index contributed by atoms with van der Waals surface area (Å²) in [4.78, 5) is 4.06. The number of anilines is 1. The number of nitrogens with zero attached hydrogens (tertiary/aromatic N) is 2. The van der Waals surface area contributed by atoms with Crippen molar-refractivity contribution in [3.05, 3.63) is 34.3 Å². The number of halogens is 1. The minimum absolute atomic E-state index is 0.481. The molecule has 2 rings (SSSR count). The lowest BCUT2D eigenvalue weighted by Crippen LogP contribution is -1.98. The average Bonchev–Trinajstić information content (AvgIpc) is 2.92. The van der Waals surface area contributed by atoms with Gasteiger partial charge in [-0.05, 0) is 24.6 Å². The first kappa shape index (κ1) is 14.6. The van der Waals surface area contributed by atoms with Gasteiger partial charge in [-0.25, -0.2) is 4.98 Å². The highest BCUT2D eigenvalue weighted by atomic mass is 35.5. The van der Waals surface area contributed by atoms with Gasteiger partial charge < -0.3 is 9.47 Å². The lowest BCUT2D eigenvalue weighted by atomic mass is 10.2. The van der Waals surface area contributed by atoms with Crippen LogP contribution in [0.3, 0.4) is 0 Å². The minimum atomic E-state index is 0.481. The number of ether oxygens (including phenoxy) is 2.